The van der Waals surface area contributed by atoms with Crippen LogP contribution in [0.25, 0.3) is 10.2 Å². The van der Waals surface area contributed by atoms with Crippen molar-refractivity contribution in [3.05, 3.63) is 12.1 Å². The topological polar surface area (TPSA) is 68.2 Å². The monoisotopic (exact) mass is 208 g/mol. The lowest BCUT2D eigenvalue weighted by Gasteiger charge is -2.13. The van der Waals surface area contributed by atoms with Crippen molar-refractivity contribution in [1.82, 2.24) is 4.98 Å². The molecule has 2 rings (SSSR count). The van der Waals surface area contributed by atoms with Crippen LogP contribution in [0.15, 0.2) is 12.1 Å². The van der Waals surface area contributed by atoms with Gasteiger partial charge in [-0.2, -0.15) is 0 Å². The van der Waals surface area contributed by atoms with Gasteiger partial charge < -0.3 is 16.4 Å². The highest BCUT2D eigenvalue weighted by Gasteiger charge is 2.10. The van der Waals surface area contributed by atoms with Gasteiger partial charge in [-0.3, -0.25) is 0 Å². The van der Waals surface area contributed by atoms with Gasteiger partial charge in [-0.1, -0.05) is 11.3 Å². The van der Waals surface area contributed by atoms with Gasteiger partial charge in [-0.05, 0) is 12.1 Å². The molecule has 74 valence electrons. The summed E-state index contributed by atoms with van der Waals surface area (Å²) < 4.78 is 1.05. The van der Waals surface area contributed by atoms with Gasteiger partial charge in [0.1, 0.15) is 5.52 Å². The molecule has 0 spiro atoms. The van der Waals surface area contributed by atoms with Crippen LogP contribution in [-0.2, 0) is 0 Å². The van der Waals surface area contributed by atoms with Crippen LogP contribution in [0.2, 0.25) is 0 Å². The first kappa shape index (κ1) is 9.08. The summed E-state index contributed by atoms with van der Waals surface area (Å²) in [4.78, 5) is 6.23. The number of aromatic nitrogens is 1. The van der Waals surface area contributed by atoms with Gasteiger partial charge >= 0.3 is 0 Å². The van der Waals surface area contributed by atoms with Gasteiger partial charge in [-0.15, -0.1) is 0 Å². The molecule has 0 radical (unpaired) electrons. The number of anilines is 3. The second-order valence-electron chi connectivity index (χ2n) is 3.30. The largest absolute Gasteiger partial charge is 0.397 e. The van der Waals surface area contributed by atoms with Crippen molar-refractivity contribution in [2.45, 2.75) is 0 Å². The molecule has 0 aliphatic rings. The predicted molar refractivity (Wildman–Crippen MR) is 62.8 cm³/mol. The van der Waals surface area contributed by atoms with Crippen LogP contribution in [0.5, 0.6) is 0 Å². The Morgan fingerprint density at radius 2 is 2.00 bits per heavy atom. The molecule has 0 atom stereocenters. The van der Waals surface area contributed by atoms with Gasteiger partial charge in [0.15, 0.2) is 5.13 Å². The third-order valence-electron chi connectivity index (χ3n) is 2.05. The van der Waals surface area contributed by atoms with Crippen molar-refractivity contribution >= 4 is 38.1 Å². The van der Waals surface area contributed by atoms with Gasteiger partial charge in [0.25, 0.3) is 0 Å². The summed E-state index contributed by atoms with van der Waals surface area (Å²) in [5, 5.41) is 0.556. The average Bonchev–Trinajstić information content (AvgIpc) is 2.47. The van der Waals surface area contributed by atoms with Crippen LogP contribution in [0, 0.1) is 0 Å². The van der Waals surface area contributed by atoms with E-state index in [1.54, 1.807) is 0 Å². The molecule has 0 aliphatic heterocycles. The zero-order chi connectivity index (χ0) is 10.3. The minimum Gasteiger partial charge on any atom is -0.397 e. The van der Waals surface area contributed by atoms with Crippen LogP contribution in [-0.4, -0.2) is 19.1 Å². The van der Waals surface area contributed by atoms with E-state index in [1.165, 1.54) is 11.3 Å². The van der Waals surface area contributed by atoms with E-state index in [2.05, 4.69) is 4.98 Å². The molecule has 1 aromatic heterocycles. The van der Waals surface area contributed by atoms with E-state index in [1.807, 2.05) is 31.1 Å². The highest BCUT2D eigenvalue weighted by Crippen LogP contribution is 2.35. The van der Waals surface area contributed by atoms with E-state index in [0.717, 1.165) is 15.9 Å². The molecule has 0 aliphatic carbocycles. The molecule has 0 saturated heterocycles. The number of rotatable bonds is 1. The van der Waals surface area contributed by atoms with Crippen LogP contribution >= 0.6 is 11.3 Å². The average molecular weight is 208 g/mol. The lowest BCUT2D eigenvalue weighted by Crippen LogP contribution is -2.08. The predicted octanol–water partition coefficient (Wildman–Crippen LogP) is 1.53. The third kappa shape index (κ3) is 1.26. The summed E-state index contributed by atoms with van der Waals surface area (Å²) >= 11 is 1.47. The molecular weight excluding hydrogens is 196 g/mol. The fraction of sp³-hybridized carbons (Fsp3) is 0.222. The molecule has 0 saturated carbocycles. The normalized spacial score (nSPS) is 10.7. The molecule has 1 aromatic carbocycles. The number of nitrogens with two attached hydrogens (primary N) is 2. The molecule has 2 aromatic rings. The van der Waals surface area contributed by atoms with E-state index in [0.29, 0.717) is 10.8 Å². The summed E-state index contributed by atoms with van der Waals surface area (Å²) in [6.07, 6.45) is 0. The second-order valence-corrected chi connectivity index (χ2v) is 4.33. The van der Waals surface area contributed by atoms with Gasteiger partial charge in [-0.25, -0.2) is 4.98 Å². The van der Waals surface area contributed by atoms with Gasteiger partial charge in [0, 0.05) is 14.1 Å². The molecule has 4 N–H and O–H groups in total. The Kier molecular flexibility index (Phi) is 1.96. The van der Waals surface area contributed by atoms with Crippen molar-refractivity contribution in [1.29, 1.82) is 0 Å². The lowest BCUT2D eigenvalue weighted by atomic mass is 10.2. The minimum atomic E-state index is 0.556. The van der Waals surface area contributed by atoms with Crippen molar-refractivity contribution in [2.75, 3.05) is 30.5 Å². The molecule has 0 bridgehead atoms. The highest BCUT2D eigenvalue weighted by atomic mass is 32.1. The minimum absolute atomic E-state index is 0.556. The smallest absolute Gasteiger partial charge is 0.181 e. The fourth-order valence-corrected chi connectivity index (χ4v) is 2.34. The number of hydrogen-bond acceptors (Lipinski definition) is 5. The first-order valence-corrected chi connectivity index (χ1v) is 5.03. The van der Waals surface area contributed by atoms with Crippen molar-refractivity contribution in [2.24, 2.45) is 0 Å². The molecular formula is C9H12N4S. The maximum absolute atomic E-state index is 5.81. The van der Waals surface area contributed by atoms with E-state index in [9.17, 15) is 0 Å². The van der Waals surface area contributed by atoms with Gasteiger partial charge in [0.2, 0.25) is 0 Å². The third-order valence-corrected chi connectivity index (χ3v) is 2.96. The number of thiazole rings is 1. The SMILES string of the molecule is CN(C)c1ccc(N)c2nc(N)sc12. The molecule has 1 heterocycles. The fourth-order valence-electron chi connectivity index (χ4n) is 1.38. The van der Waals surface area contributed by atoms with Crippen LogP contribution in [0.3, 0.4) is 0 Å². The van der Waals surface area contributed by atoms with Crippen LogP contribution in [0.4, 0.5) is 16.5 Å². The van der Waals surface area contributed by atoms with E-state index in [4.69, 9.17) is 11.5 Å². The summed E-state index contributed by atoms with van der Waals surface area (Å²) in [7, 11) is 3.97. The zero-order valence-corrected chi connectivity index (χ0v) is 8.93. The summed E-state index contributed by atoms with van der Waals surface area (Å²) in [6, 6.07) is 3.84. The van der Waals surface area contributed by atoms with E-state index < -0.39 is 0 Å². The Hall–Kier alpha value is -1.49. The summed E-state index contributed by atoms with van der Waals surface area (Å²) in [5.41, 5.74) is 14.1. The highest BCUT2D eigenvalue weighted by molar-refractivity contribution is 7.22. The quantitative estimate of drug-likeness (QED) is 0.697. The second kappa shape index (κ2) is 3.02. The zero-order valence-electron chi connectivity index (χ0n) is 8.11. The Labute approximate surface area is 86.1 Å². The van der Waals surface area contributed by atoms with Crippen molar-refractivity contribution < 1.29 is 0 Å². The number of nitrogen functional groups attached to an aromatic ring is 2. The lowest BCUT2D eigenvalue weighted by molar-refractivity contribution is 1.14. The Morgan fingerprint density at radius 3 is 2.64 bits per heavy atom. The molecule has 0 unspecified atom stereocenters. The molecule has 4 nitrogen and oxygen atoms in total. The summed E-state index contributed by atoms with van der Waals surface area (Å²) in [5.74, 6) is 0. The number of fused-ring (bicyclic) bond motifs is 1. The van der Waals surface area contributed by atoms with Crippen molar-refractivity contribution in [3.8, 4) is 0 Å². The molecule has 14 heavy (non-hydrogen) atoms. The molecule has 5 heteroatoms. The van der Waals surface area contributed by atoms with Crippen LogP contribution < -0.4 is 16.4 Å². The van der Waals surface area contributed by atoms with Crippen LogP contribution in [0.1, 0.15) is 0 Å². The molecule has 0 fully saturated rings. The number of hydrogen-bond donors (Lipinski definition) is 2. The Morgan fingerprint density at radius 1 is 1.29 bits per heavy atom. The Bertz CT molecular complexity index is 475. The first-order valence-electron chi connectivity index (χ1n) is 4.21. The standard InChI is InChI=1S/C9H12N4S/c1-13(2)6-4-3-5(10)7-8(6)14-9(11)12-7/h3-4H,10H2,1-2H3,(H2,11,12). The molecule has 0 amide bonds. The first-order chi connectivity index (χ1) is 6.59. The van der Waals surface area contributed by atoms with Crippen molar-refractivity contribution in [3.63, 3.8) is 0 Å². The maximum atomic E-state index is 5.81. The van der Waals surface area contributed by atoms with E-state index in [-0.39, 0.29) is 0 Å². The van der Waals surface area contributed by atoms with Gasteiger partial charge in [0.05, 0.1) is 16.1 Å². The number of benzene rings is 1. The Balaban J connectivity index is 2.81. The van der Waals surface area contributed by atoms with E-state index >= 15 is 0 Å². The number of nitrogens with zero attached hydrogens (tertiary/aromatic N) is 2. The maximum Gasteiger partial charge on any atom is 0.181 e. The summed E-state index contributed by atoms with van der Waals surface area (Å²) in [6.45, 7) is 0.